The number of aromatic nitrogens is 2. The van der Waals surface area contributed by atoms with Gasteiger partial charge in [-0.25, -0.2) is 14.6 Å². The molecule has 9 rings (SSSR count). The van der Waals surface area contributed by atoms with Gasteiger partial charge in [-0.05, 0) is 65.4 Å². The number of fused-ring (bicyclic) bond motifs is 2. The minimum absolute atomic E-state index is 0.181. The third-order valence-electron chi connectivity index (χ3n) is 11.8. The van der Waals surface area contributed by atoms with E-state index in [0.717, 1.165) is 35.3 Å². The van der Waals surface area contributed by atoms with E-state index in [4.69, 9.17) is 18.9 Å². The van der Waals surface area contributed by atoms with Crippen molar-refractivity contribution in [3.63, 3.8) is 0 Å². The van der Waals surface area contributed by atoms with Gasteiger partial charge in [-0.1, -0.05) is 66.7 Å². The first-order valence-electron chi connectivity index (χ1n) is 20.5. The standard InChI is InChI=1S/C47H43N7O8S/c1-60-46(58)51-40(27-10-5-3-6-11-27)44(56)53-19-9-14-36(53)34-21-31(23-48-34)29-15-17-32-39(22-29)62-38-18-16-30(20-33(38)42(32)55)35-24-49-43(50-35)37-25-63-26-54(37)45(57)41(52-47(59)61-2)28-12-7-4-8-13-28/h3-8,10-13,15-18,20,22-24,36-37,40-41H,9,14,19,21,25-26H2,1-2H3,(H,49,50)(H,51,58)(H,52,59)/t36-,37-,40+,41+/m0/s1. The summed E-state index contributed by atoms with van der Waals surface area (Å²) in [7, 11) is 2.52. The number of thioether (sulfide) groups is 1. The lowest BCUT2D eigenvalue weighted by Crippen LogP contribution is -2.47. The van der Waals surface area contributed by atoms with Gasteiger partial charge in [-0.15, -0.1) is 11.8 Å². The molecule has 4 aromatic carbocycles. The van der Waals surface area contributed by atoms with E-state index in [0.29, 0.717) is 69.2 Å². The monoisotopic (exact) mass is 865 g/mol. The van der Waals surface area contributed by atoms with Crippen molar-refractivity contribution in [1.82, 2.24) is 30.4 Å². The van der Waals surface area contributed by atoms with Crippen LogP contribution < -0.4 is 16.1 Å². The number of H-pyrrole nitrogens is 1. The van der Waals surface area contributed by atoms with E-state index >= 15 is 0 Å². The molecule has 15 nitrogen and oxygen atoms in total. The molecule has 3 aliphatic heterocycles. The smallest absolute Gasteiger partial charge is 0.407 e. The summed E-state index contributed by atoms with van der Waals surface area (Å²) >= 11 is 1.59. The second kappa shape index (κ2) is 17.6. The lowest BCUT2D eigenvalue weighted by molar-refractivity contribution is -0.134. The Labute approximate surface area is 365 Å². The molecule has 2 fully saturated rings. The zero-order valence-corrected chi connectivity index (χ0v) is 35.2. The Morgan fingerprint density at radius 1 is 0.794 bits per heavy atom. The zero-order chi connectivity index (χ0) is 43.6. The fourth-order valence-electron chi connectivity index (χ4n) is 8.52. The van der Waals surface area contributed by atoms with Gasteiger partial charge >= 0.3 is 12.2 Å². The largest absolute Gasteiger partial charge is 0.456 e. The average Bonchev–Trinajstić information content (AvgIpc) is 4.17. The molecule has 320 valence electrons. The van der Waals surface area contributed by atoms with E-state index < -0.39 is 24.3 Å². The summed E-state index contributed by atoms with van der Waals surface area (Å²) in [6.45, 7) is 0.536. The number of hydrogen-bond donors (Lipinski definition) is 3. The molecule has 0 saturated carbocycles. The van der Waals surface area contributed by atoms with Gasteiger partial charge in [0.25, 0.3) is 5.91 Å². The molecule has 0 aliphatic carbocycles. The number of carbonyl (C=O) groups is 4. The number of nitrogens with zero attached hydrogens (tertiary/aromatic N) is 4. The number of methoxy groups -OCH3 is 2. The molecule has 0 spiro atoms. The van der Waals surface area contributed by atoms with Crippen LogP contribution in [0.5, 0.6) is 0 Å². The number of ether oxygens (including phenoxy) is 2. The van der Waals surface area contributed by atoms with Crippen LogP contribution in [-0.4, -0.2) is 87.9 Å². The number of likely N-dealkylation sites (tertiary alicyclic amines) is 1. The van der Waals surface area contributed by atoms with Crippen molar-refractivity contribution >= 4 is 69.0 Å². The maximum absolute atomic E-state index is 14.0. The van der Waals surface area contributed by atoms with E-state index in [1.807, 2.05) is 60.8 Å². The summed E-state index contributed by atoms with van der Waals surface area (Å²) in [4.78, 5) is 82.8. The highest BCUT2D eigenvalue weighted by atomic mass is 32.2. The van der Waals surface area contributed by atoms with Crippen molar-refractivity contribution in [3.8, 4) is 11.3 Å². The van der Waals surface area contributed by atoms with Crippen LogP contribution in [0, 0.1) is 0 Å². The van der Waals surface area contributed by atoms with Crippen molar-refractivity contribution in [2.24, 2.45) is 4.99 Å². The Balaban J connectivity index is 0.911. The minimum Gasteiger partial charge on any atom is -0.456 e. The van der Waals surface area contributed by atoms with Gasteiger partial charge < -0.3 is 39.3 Å². The first kappa shape index (κ1) is 41.2. The number of rotatable bonds is 10. The van der Waals surface area contributed by atoms with Crippen LogP contribution >= 0.6 is 11.8 Å². The van der Waals surface area contributed by atoms with Gasteiger partial charge in [0.2, 0.25) is 11.3 Å². The van der Waals surface area contributed by atoms with Gasteiger partial charge in [0.15, 0.2) is 0 Å². The molecular formula is C47H43N7O8S. The van der Waals surface area contributed by atoms with Crippen LogP contribution in [0.4, 0.5) is 9.59 Å². The quantitative estimate of drug-likeness (QED) is 0.118. The van der Waals surface area contributed by atoms with Crippen LogP contribution in [0.3, 0.4) is 0 Å². The highest BCUT2D eigenvalue weighted by Gasteiger charge is 2.39. The van der Waals surface area contributed by atoms with Crippen LogP contribution in [0.2, 0.25) is 0 Å². The molecular weight excluding hydrogens is 823 g/mol. The first-order chi connectivity index (χ1) is 30.7. The number of imidazole rings is 1. The predicted molar refractivity (Wildman–Crippen MR) is 239 cm³/mol. The number of nitrogens with one attached hydrogen (secondary N) is 3. The Kier molecular flexibility index (Phi) is 11.5. The van der Waals surface area contributed by atoms with E-state index in [1.165, 1.54) is 14.2 Å². The van der Waals surface area contributed by atoms with Gasteiger partial charge in [0.05, 0.1) is 54.8 Å². The summed E-state index contributed by atoms with van der Waals surface area (Å²) in [6.07, 6.45) is 4.15. The number of hydrogen-bond acceptors (Lipinski definition) is 11. The molecule has 5 heterocycles. The number of aromatic amines is 1. The summed E-state index contributed by atoms with van der Waals surface area (Å²) in [5, 5.41) is 6.22. The van der Waals surface area contributed by atoms with Crippen molar-refractivity contribution in [3.05, 3.63) is 142 Å². The third kappa shape index (κ3) is 8.16. The van der Waals surface area contributed by atoms with Crippen LogP contribution in [0.15, 0.2) is 124 Å². The Bertz CT molecular complexity index is 2860. The Hall–Kier alpha value is -7.20. The summed E-state index contributed by atoms with van der Waals surface area (Å²) < 4.78 is 16.0. The molecule has 6 aromatic rings. The van der Waals surface area contributed by atoms with E-state index in [-0.39, 0.29) is 29.3 Å². The van der Waals surface area contributed by atoms with Crippen molar-refractivity contribution in [2.45, 2.75) is 43.4 Å². The molecule has 0 radical (unpaired) electrons. The van der Waals surface area contributed by atoms with Gasteiger partial charge in [-0.2, -0.15) is 0 Å². The zero-order valence-electron chi connectivity index (χ0n) is 34.4. The summed E-state index contributed by atoms with van der Waals surface area (Å²) in [5.41, 5.74) is 6.00. The number of benzene rings is 4. The van der Waals surface area contributed by atoms with Crippen molar-refractivity contribution in [1.29, 1.82) is 0 Å². The fraction of sp³-hybridized carbons (Fsp3) is 0.255. The molecule has 16 heteroatoms. The van der Waals surface area contributed by atoms with Gasteiger partial charge in [0, 0.05) is 36.2 Å². The van der Waals surface area contributed by atoms with Gasteiger partial charge in [-0.3, -0.25) is 19.4 Å². The average molecular weight is 866 g/mol. The molecule has 0 bridgehead atoms. The first-order valence-corrected chi connectivity index (χ1v) is 21.7. The Morgan fingerprint density at radius 3 is 2.14 bits per heavy atom. The maximum atomic E-state index is 14.0. The summed E-state index contributed by atoms with van der Waals surface area (Å²) in [5.74, 6) is 1.08. The molecule has 2 saturated heterocycles. The summed E-state index contributed by atoms with van der Waals surface area (Å²) in [6, 6.07) is 26.6. The number of amides is 4. The molecule has 4 amide bonds. The Morgan fingerprint density at radius 2 is 1.46 bits per heavy atom. The topological polar surface area (TPSA) is 189 Å². The van der Waals surface area contributed by atoms with Crippen molar-refractivity contribution < 1.29 is 33.1 Å². The third-order valence-corrected chi connectivity index (χ3v) is 12.8. The number of allylic oxidation sites excluding steroid dienone is 1. The molecule has 63 heavy (non-hydrogen) atoms. The van der Waals surface area contributed by atoms with E-state index in [9.17, 15) is 24.0 Å². The maximum Gasteiger partial charge on any atom is 0.407 e. The number of carbonyl (C=O) groups excluding carboxylic acids is 4. The van der Waals surface area contributed by atoms with Crippen molar-refractivity contribution in [2.75, 3.05) is 32.4 Å². The van der Waals surface area contributed by atoms with Crippen LogP contribution in [0.25, 0.3) is 38.8 Å². The lowest BCUT2D eigenvalue weighted by atomic mass is 9.97. The second-order valence-corrected chi connectivity index (χ2v) is 16.5. The predicted octanol–water partition coefficient (Wildman–Crippen LogP) is 7.28. The second-order valence-electron chi connectivity index (χ2n) is 15.5. The molecule has 3 aliphatic rings. The number of aliphatic imine (C=N–C) groups is 1. The SMILES string of the molecule is COC(=O)N[C@@H](C(=O)N1CCC[C@H]1C1=NC=C(c2ccc3c(=O)c4cc(-c5cnc([C@@H]6CSCN6C(=O)[C@H](NC(=O)OC)c6ccccc6)[nH]5)ccc4oc3c2)C1)c1ccccc1. The fourth-order valence-corrected chi connectivity index (χ4v) is 9.69. The van der Waals surface area contributed by atoms with E-state index in [2.05, 4.69) is 20.6 Å². The highest BCUT2D eigenvalue weighted by Crippen LogP contribution is 2.37. The normalized spacial score (nSPS) is 18.2. The molecule has 4 atom stereocenters. The lowest BCUT2D eigenvalue weighted by Gasteiger charge is -2.29. The number of alkyl carbamates (subject to hydrolysis) is 2. The molecule has 0 unspecified atom stereocenters. The van der Waals surface area contributed by atoms with Crippen LogP contribution in [0.1, 0.15) is 59.9 Å². The van der Waals surface area contributed by atoms with Gasteiger partial charge in [0.1, 0.15) is 29.1 Å². The molecule has 2 aromatic heterocycles. The minimum atomic E-state index is -0.946. The van der Waals surface area contributed by atoms with E-state index in [1.54, 1.807) is 70.2 Å². The molecule has 3 N–H and O–H groups in total. The highest BCUT2D eigenvalue weighted by molar-refractivity contribution is 7.99. The van der Waals surface area contributed by atoms with Crippen LogP contribution in [-0.2, 0) is 19.1 Å².